The zero-order chi connectivity index (χ0) is 21.8. The van der Waals surface area contributed by atoms with E-state index in [-0.39, 0.29) is 5.91 Å². The molecule has 160 valence electrons. The van der Waals surface area contributed by atoms with E-state index in [2.05, 4.69) is 17.4 Å². The first kappa shape index (κ1) is 18.9. The van der Waals surface area contributed by atoms with Gasteiger partial charge in [0.05, 0.1) is 41.2 Å². The molecular formula is C24H23N7O. The average Bonchev–Trinajstić information content (AvgIpc) is 3.46. The second-order valence-electron chi connectivity index (χ2n) is 8.45. The summed E-state index contributed by atoms with van der Waals surface area (Å²) in [7, 11) is 1.83. The molecule has 0 unspecified atom stereocenters. The molecule has 0 spiro atoms. The molecule has 0 fully saturated rings. The van der Waals surface area contributed by atoms with Crippen LogP contribution in [0.5, 0.6) is 0 Å². The normalized spacial score (nSPS) is 16.0. The zero-order valence-electron chi connectivity index (χ0n) is 18.1. The van der Waals surface area contributed by atoms with Crippen molar-refractivity contribution in [1.29, 1.82) is 0 Å². The van der Waals surface area contributed by atoms with Crippen LogP contribution < -0.4 is 0 Å². The largest absolute Gasteiger partial charge is 0.340 e. The van der Waals surface area contributed by atoms with Crippen molar-refractivity contribution in [2.24, 2.45) is 0 Å². The molecule has 0 aromatic carbocycles. The Morgan fingerprint density at radius 3 is 2.94 bits per heavy atom. The minimum absolute atomic E-state index is 0.0933. The summed E-state index contributed by atoms with van der Waals surface area (Å²) in [5.41, 5.74) is 8.28. The van der Waals surface area contributed by atoms with Gasteiger partial charge in [0.1, 0.15) is 11.3 Å². The van der Waals surface area contributed by atoms with Gasteiger partial charge in [-0.15, -0.1) is 0 Å². The monoisotopic (exact) mass is 425 g/mol. The number of aromatic nitrogens is 6. The molecule has 4 bridgehead atoms. The molecular weight excluding hydrogens is 402 g/mol. The molecule has 4 aromatic heterocycles. The Morgan fingerprint density at radius 2 is 2.03 bits per heavy atom. The van der Waals surface area contributed by atoms with Gasteiger partial charge < -0.3 is 4.90 Å². The fourth-order valence-corrected chi connectivity index (χ4v) is 4.64. The molecule has 32 heavy (non-hydrogen) atoms. The van der Waals surface area contributed by atoms with Crippen molar-refractivity contribution in [1.82, 2.24) is 34.0 Å². The van der Waals surface area contributed by atoms with Gasteiger partial charge in [-0.2, -0.15) is 5.10 Å². The molecule has 0 saturated carbocycles. The summed E-state index contributed by atoms with van der Waals surface area (Å²) in [6.45, 7) is 3.14. The number of pyridine rings is 1. The first-order valence-corrected chi connectivity index (χ1v) is 10.9. The van der Waals surface area contributed by atoms with Crippen molar-refractivity contribution < 1.29 is 4.79 Å². The van der Waals surface area contributed by atoms with Crippen molar-refractivity contribution in [3.8, 4) is 11.4 Å². The Labute approximate surface area is 185 Å². The lowest BCUT2D eigenvalue weighted by Crippen LogP contribution is -2.26. The summed E-state index contributed by atoms with van der Waals surface area (Å²) in [4.78, 5) is 29.2. The molecule has 0 saturated heterocycles. The van der Waals surface area contributed by atoms with E-state index < -0.39 is 0 Å². The van der Waals surface area contributed by atoms with Gasteiger partial charge in [0, 0.05) is 50.0 Å². The molecule has 8 heteroatoms. The van der Waals surface area contributed by atoms with Crippen LogP contribution in [-0.4, -0.2) is 47.0 Å². The number of aryl methyl sites for hydroxylation is 2. The van der Waals surface area contributed by atoms with Crippen LogP contribution in [0.4, 0.5) is 0 Å². The van der Waals surface area contributed by atoms with Gasteiger partial charge in [0.25, 0.3) is 0 Å². The summed E-state index contributed by atoms with van der Waals surface area (Å²) < 4.78 is 3.97. The number of carbonyl (C=O) groups excluding carboxylic acids is 1. The van der Waals surface area contributed by atoms with E-state index in [0.29, 0.717) is 19.5 Å². The van der Waals surface area contributed by atoms with Gasteiger partial charge in [0.15, 0.2) is 0 Å². The number of rotatable bonds is 0. The molecule has 1 amide bonds. The number of fused-ring (bicyclic) bond motifs is 8. The first-order chi connectivity index (χ1) is 15.6. The third kappa shape index (κ3) is 2.94. The minimum Gasteiger partial charge on any atom is -0.340 e. The number of carbonyl (C=O) groups is 1. The van der Waals surface area contributed by atoms with Gasteiger partial charge in [0.2, 0.25) is 5.91 Å². The van der Waals surface area contributed by atoms with Gasteiger partial charge in [-0.05, 0) is 25.5 Å². The molecule has 5 heterocycles. The quantitative estimate of drug-likeness (QED) is 0.433. The van der Waals surface area contributed by atoms with Crippen molar-refractivity contribution in [2.45, 2.75) is 39.3 Å². The Bertz CT molecular complexity index is 1410. The molecule has 0 atom stereocenters. The maximum absolute atomic E-state index is 12.8. The van der Waals surface area contributed by atoms with E-state index in [1.54, 1.807) is 4.90 Å². The van der Waals surface area contributed by atoms with E-state index in [4.69, 9.17) is 15.0 Å². The number of nitrogens with zero attached hydrogens (tertiary/aromatic N) is 7. The minimum atomic E-state index is 0.0933. The predicted octanol–water partition coefficient (Wildman–Crippen LogP) is 3.04. The number of hydrogen-bond donors (Lipinski definition) is 0. The first-order valence-electron chi connectivity index (χ1n) is 10.9. The van der Waals surface area contributed by atoms with E-state index >= 15 is 0 Å². The van der Waals surface area contributed by atoms with Crippen LogP contribution in [-0.2, 0) is 24.3 Å². The topological polar surface area (TPSA) is 81.2 Å². The lowest BCUT2D eigenvalue weighted by Gasteiger charge is -2.17. The summed E-state index contributed by atoms with van der Waals surface area (Å²) in [5.74, 6) is 0.0933. The smallest absolute Gasteiger partial charge is 0.222 e. The van der Waals surface area contributed by atoms with Crippen LogP contribution in [0.1, 0.15) is 41.2 Å². The van der Waals surface area contributed by atoms with Crippen LogP contribution in [0.25, 0.3) is 22.6 Å². The van der Waals surface area contributed by atoms with Crippen LogP contribution in [0.3, 0.4) is 0 Å². The highest BCUT2D eigenvalue weighted by atomic mass is 16.2. The molecule has 1 aliphatic heterocycles. The van der Waals surface area contributed by atoms with Crippen molar-refractivity contribution in [2.75, 3.05) is 7.05 Å². The SMILES string of the molecule is Cc1nn2cc1C1=CCc3ncc(nc31)-c1c(nc3ccccn13)CN(C)C(=O)CCC2. The van der Waals surface area contributed by atoms with Crippen LogP contribution >= 0.6 is 0 Å². The van der Waals surface area contributed by atoms with Crippen molar-refractivity contribution in [3.63, 3.8) is 0 Å². The summed E-state index contributed by atoms with van der Waals surface area (Å²) >= 11 is 0. The lowest BCUT2D eigenvalue weighted by molar-refractivity contribution is -0.130. The number of allylic oxidation sites excluding steroid dienone is 1. The van der Waals surface area contributed by atoms with Gasteiger partial charge in [-0.3, -0.25) is 18.9 Å². The fourth-order valence-electron chi connectivity index (χ4n) is 4.64. The molecule has 6 rings (SSSR count). The maximum Gasteiger partial charge on any atom is 0.222 e. The number of hydrogen-bond acceptors (Lipinski definition) is 5. The molecule has 1 aliphatic carbocycles. The highest BCUT2D eigenvalue weighted by Gasteiger charge is 2.25. The average molecular weight is 425 g/mol. The van der Waals surface area contributed by atoms with E-state index in [0.717, 1.165) is 63.8 Å². The Hall–Kier alpha value is -3.81. The van der Waals surface area contributed by atoms with Gasteiger partial charge in [-0.1, -0.05) is 12.1 Å². The zero-order valence-corrected chi connectivity index (χ0v) is 18.1. The third-order valence-electron chi connectivity index (χ3n) is 6.27. The second kappa shape index (κ2) is 7.12. The molecule has 8 nitrogen and oxygen atoms in total. The second-order valence-corrected chi connectivity index (χ2v) is 8.45. The molecule has 2 aliphatic rings. The maximum atomic E-state index is 12.8. The summed E-state index contributed by atoms with van der Waals surface area (Å²) in [5, 5.41) is 4.68. The van der Waals surface area contributed by atoms with Crippen LogP contribution in [0, 0.1) is 6.92 Å². The standard InChI is InChI=1S/C24H23N7O/c1-15-17-13-30(28-15)10-5-7-22(32)29(2)14-20-24(31-11-4-3-6-21(31)26-20)19-12-25-18-9-8-16(17)23(18)27-19/h3-4,6,8,11-13H,5,7,9-10,14H2,1-2H3. The van der Waals surface area contributed by atoms with Gasteiger partial charge in [-0.25, -0.2) is 9.97 Å². The van der Waals surface area contributed by atoms with Crippen LogP contribution in [0.2, 0.25) is 0 Å². The highest BCUT2D eigenvalue weighted by molar-refractivity contribution is 5.83. The van der Waals surface area contributed by atoms with E-state index in [1.807, 2.05) is 53.6 Å². The van der Waals surface area contributed by atoms with E-state index in [9.17, 15) is 4.79 Å². The predicted molar refractivity (Wildman–Crippen MR) is 120 cm³/mol. The molecule has 0 radical (unpaired) electrons. The third-order valence-corrected chi connectivity index (χ3v) is 6.27. The fraction of sp³-hybridized carbons (Fsp3) is 0.292. The summed E-state index contributed by atoms with van der Waals surface area (Å²) in [6, 6.07) is 5.91. The lowest BCUT2D eigenvalue weighted by atomic mass is 10.1. The van der Waals surface area contributed by atoms with Crippen molar-refractivity contribution >= 4 is 17.1 Å². The number of imidazole rings is 1. The Morgan fingerprint density at radius 1 is 1.12 bits per heavy atom. The highest BCUT2D eigenvalue weighted by Crippen LogP contribution is 2.34. The molecule has 4 aromatic rings. The Balaban J connectivity index is 1.58. The molecule has 0 N–H and O–H groups in total. The van der Waals surface area contributed by atoms with E-state index in [1.165, 1.54) is 0 Å². The number of amides is 1. The van der Waals surface area contributed by atoms with Crippen molar-refractivity contribution in [3.05, 3.63) is 71.2 Å². The summed E-state index contributed by atoms with van der Waals surface area (Å²) in [6.07, 6.45) is 10.0. The van der Waals surface area contributed by atoms with Crippen LogP contribution in [0.15, 0.2) is 42.9 Å². The van der Waals surface area contributed by atoms with Gasteiger partial charge >= 0.3 is 0 Å². The Kier molecular flexibility index (Phi) is 4.21.